The number of aromatic nitrogens is 4. The molecule has 0 bridgehead atoms. The number of hydrogen-bond donors (Lipinski definition) is 2. The Kier molecular flexibility index (Phi) is 7.84. The number of carbonyl (C=O) groups excluding carboxylic acids is 1. The molecule has 1 aromatic carbocycles. The van der Waals surface area contributed by atoms with Gasteiger partial charge in [0, 0.05) is 35.4 Å². The summed E-state index contributed by atoms with van der Waals surface area (Å²) in [4.78, 5) is 31.6. The summed E-state index contributed by atoms with van der Waals surface area (Å²) in [5.74, 6) is -0.368. The van der Waals surface area contributed by atoms with Crippen LogP contribution in [0.5, 0.6) is 0 Å². The van der Waals surface area contributed by atoms with Crippen LogP contribution in [0.3, 0.4) is 0 Å². The summed E-state index contributed by atoms with van der Waals surface area (Å²) in [6.45, 7) is 6.11. The minimum atomic E-state index is -0.368. The third kappa shape index (κ3) is 6.29. The van der Waals surface area contributed by atoms with Crippen molar-refractivity contribution in [2.24, 2.45) is 5.73 Å². The van der Waals surface area contributed by atoms with E-state index in [-0.39, 0.29) is 12.0 Å². The highest BCUT2D eigenvalue weighted by Gasteiger charge is 2.14. The van der Waals surface area contributed by atoms with Crippen LogP contribution in [0, 0.1) is 6.92 Å². The van der Waals surface area contributed by atoms with Crippen molar-refractivity contribution < 1.29 is 9.53 Å². The summed E-state index contributed by atoms with van der Waals surface area (Å²) in [7, 11) is 2.05. The molecule has 8 nitrogen and oxygen atoms in total. The molecule has 4 rings (SSSR count). The monoisotopic (exact) mass is 472 g/mol. The largest absolute Gasteiger partial charge is 0.462 e. The fraction of sp³-hybridized carbons (Fsp3) is 0.333. The summed E-state index contributed by atoms with van der Waals surface area (Å²) in [6.07, 6.45) is 4.94. The van der Waals surface area contributed by atoms with E-state index in [4.69, 9.17) is 10.5 Å². The van der Waals surface area contributed by atoms with Gasteiger partial charge < -0.3 is 20.4 Å². The molecule has 0 amide bonds. The quantitative estimate of drug-likeness (QED) is 0.263. The van der Waals surface area contributed by atoms with Crippen molar-refractivity contribution in [3.63, 3.8) is 0 Å². The van der Waals surface area contributed by atoms with E-state index in [0.29, 0.717) is 12.2 Å². The molecule has 35 heavy (non-hydrogen) atoms. The van der Waals surface area contributed by atoms with E-state index in [9.17, 15) is 4.79 Å². The molecule has 182 valence electrons. The van der Waals surface area contributed by atoms with Gasteiger partial charge in [-0.25, -0.2) is 9.78 Å². The topological polar surface area (TPSA) is 110 Å². The van der Waals surface area contributed by atoms with E-state index < -0.39 is 0 Å². The summed E-state index contributed by atoms with van der Waals surface area (Å²) in [6, 6.07) is 13.8. The van der Waals surface area contributed by atoms with Crippen LogP contribution in [-0.4, -0.2) is 63.6 Å². The summed E-state index contributed by atoms with van der Waals surface area (Å²) < 4.78 is 5.49. The van der Waals surface area contributed by atoms with Gasteiger partial charge in [0.2, 0.25) is 0 Å². The third-order valence-electron chi connectivity index (χ3n) is 5.86. The number of pyridine rings is 2. The first-order chi connectivity index (χ1) is 16.9. The molecule has 3 aromatic heterocycles. The van der Waals surface area contributed by atoms with Crippen molar-refractivity contribution in [2.45, 2.75) is 32.7 Å². The molecule has 1 unspecified atom stereocenters. The molecule has 3 N–H and O–H groups in total. The van der Waals surface area contributed by atoms with Gasteiger partial charge in [-0.2, -0.15) is 0 Å². The van der Waals surface area contributed by atoms with Crippen LogP contribution in [0.1, 0.15) is 35.8 Å². The lowest BCUT2D eigenvalue weighted by Crippen LogP contribution is -2.27. The zero-order valence-corrected chi connectivity index (χ0v) is 20.5. The maximum absolute atomic E-state index is 12.6. The molecule has 1 atom stereocenters. The molecule has 4 aromatic rings. The van der Waals surface area contributed by atoms with Crippen molar-refractivity contribution in [3.05, 3.63) is 66.2 Å². The van der Waals surface area contributed by atoms with Crippen molar-refractivity contribution >= 4 is 16.9 Å². The van der Waals surface area contributed by atoms with Crippen LogP contribution >= 0.6 is 0 Å². The van der Waals surface area contributed by atoms with Crippen LogP contribution in [0.2, 0.25) is 0 Å². The second-order valence-corrected chi connectivity index (χ2v) is 8.98. The van der Waals surface area contributed by atoms with Crippen molar-refractivity contribution in [3.8, 4) is 22.6 Å². The van der Waals surface area contributed by atoms with Gasteiger partial charge in [0.05, 0.1) is 41.1 Å². The lowest BCUT2D eigenvalue weighted by Gasteiger charge is -2.17. The number of hydrogen-bond acceptors (Lipinski definition) is 7. The first-order valence-corrected chi connectivity index (χ1v) is 11.9. The van der Waals surface area contributed by atoms with E-state index in [1.807, 2.05) is 56.3 Å². The predicted octanol–water partition coefficient (Wildman–Crippen LogP) is 4.21. The van der Waals surface area contributed by atoms with Crippen LogP contribution < -0.4 is 5.73 Å². The molecular formula is C27H32N6O2. The number of carbonyl (C=O) groups is 1. The Hall–Kier alpha value is -3.62. The highest BCUT2D eigenvalue weighted by molar-refractivity contribution is 5.95. The second-order valence-electron chi connectivity index (χ2n) is 8.98. The van der Waals surface area contributed by atoms with Gasteiger partial charge in [-0.3, -0.25) is 9.97 Å². The zero-order valence-electron chi connectivity index (χ0n) is 20.5. The number of ether oxygens (including phenoxy) is 1. The Morgan fingerprint density at radius 3 is 2.83 bits per heavy atom. The Balaban J connectivity index is 1.45. The number of nitrogens with one attached hydrogen (secondary N) is 1. The molecule has 0 aliphatic carbocycles. The van der Waals surface area contributed by atoms with Gasteiger partial charge in [0.25, 0.3) is 0 Å². The van der Waals surface area contributed by atoms with Crippen molar-refractivity contribution in [1.29, 1.82) is 0 Å². The molecular weight excluding hydrogens is 440 g/mol. The van der Waals surface area contributed by atoms with E-state index in [0.717, 1.165) is 65.2 Å². The van der Waals surface area contributed by atoms with E-state index in [2.05, 4.69) is 31.9 Å². The number of nitrogens with zero attached hydrogens (tertiary/aromatic N) is 4. The Bertz CT molecular complexity index is 1300. The van der Waals surface area contributed by atoms with Crippen LogP contribution in [-0.2, 0) is 4.74 Å². The van der Waals surface area contributed by atoms with Gasteiger partial charge >= 0.3 is 5.97 Å². The number of aryl methyl sites for hydroxylation is 1. The number of fused-ring (bicyclic) bond motifs is 1. The second kappa shape index (κ2) is 11.2. The van der Waals surface area contributed by atoms with Crippen LogP contribution in [0.15, 0.2) is 55.0 Å². The first-order valence-electron chi connectivity index (χ1n) is 11.9. The molecule has 0 saturated heterocycles. The van der Waals surface area contributed by atoms with Gasteiger partial charge in [-0.05, 0) is 70.6 Å². The van der Waals surface area contributed by atoms with Gasteiger partial charge in [0.15, 0.2) is 0 Å². The number of H-pyrrole nitrogens is 1. The van der Waals surface area contributed by atoms with E-state index in [1.54, 1.807) is 12.5 Å². The predicted molar refractivity (Wildman–Crippen MR) is 138 cm³/mol. The van der Waals surface area contributed by atoms with Crippen molar-refractivity contribution in [2.75, 3.05) is 26.7 Å². The van der Waals surface area contributed by atoms with Gasteiger partial charge in [-0.15, -0.1) is 0 Å². The molecule has 0 spiro atoms. The maximum Gasteiger partial charge on any atom is 0.339 e. The third-order valence-corrected chi connectivity index (χ3v) is 5.86. The van der Waals surface area contributed by atoms with Crippen LogP contribution in [0.25, 0.3) is 33.5 Å². The average molecular weight is 473 g/mol. The fourth-order valence-electron chi connectivity index (χ4n) is 3.90. The zero-order chi connectivity index (χ0) is 24.8. The highest BCUT2D eigenvalue weighted by Crippen LogP contribution is 2.30. The SMILES string of the molecule is Cc1cccc(-c2[nH]cnc2-c2ccc3ncc(C(=O)OCCCN(C)CCC(C)N)cc3c2)n1. The highest BCUT2D eigenvalue weighted by atomic mass is 16.5. The molecule has 0 aliphatic heterocycles. The molecule has 3 heterocycles. The van der Waals surface area contributed by atoms with Gasteiger partial charge in [-0.1, -0.05) is 12.1 Å². The number of imidazole rings is 1. The number of esters is 1. The minimum Gasteiger partial charge on any atom is -0.462 e. The number of aromatic amines is 1. The molecule has 8 heteroatoms. The van der Waals surface area contributed by atoms with Crippen LogP contribution in [0.4, 0.5) is 0 Å². The number of nitrogens with two attached hydrogens (primary N) is 1. The Labute approximate surface area is 205 Å². The van der Waals surface area contributed by atoms with Gasteiger partial charge in [0.1, 0.15) is 0 Å². The number of benzene rings is 1. The maximum atomic E-state index is 12.6. The average Bonchev–Trinajstić information content (AvgIpc) is 3.34. The fourth-order valence-corrected chi connectivity index (χ4v) is 3.90. The first kappa shape index (κ1) is 24.5. The minimum absolute atomic E-state index is 0.190. The normalized spacial score (nSPS) is 12.3. The smallest absolute Gasteiger partial charge is 0.339 e. The molecule has 0 saturated carbocycles. The summed E-state index contributed by atoms with van der Waals surface area (Å²) in [5, 5.41) is 0.846. The summed E-state index contributed by atoms with van der Waals surface area (Å²) >= 11 is 0. The standard InChI is InChI=1S/C27H32N6O2/c1-18(28)10-12-33(3)11-5-13-35-27(34)22-15-21-14-20(8-9-23(21)29-16-22)25-26(31-17-30-25)24-7-4-6-19(2)32-24/h4,6-9,14-18H,5,10-13,28H2,1-3H3,(H,30,31). The Morgan fingerprint density at radius 2 is 2.03 bits per heavy atom. The molecule has 0 radical (unpaired) electrons. The lowest BCUT2D eigenvalue weighted by atomic mass is 10.0. The lowest BCUT2D eigenvalue weighted by molar-refractivity contribution is 0.0490. The molecule has 0 aliphatic rings. The van der Waals surface area contributed by atoms with Crippen molar-refractivity contribution in [1.82, 2.24) is 24.8 Å². The van der Waals surface area contributed by atoms with E-state index >= 15 is 0 Å². The Morgan fingerprint density at radius 1 is 1.17 bits per heavy atom. The number of rotatable bonds is 10. The molecule has 0 fully saturated rings. The van der Waals surface area contributed by atoms with E-state index in [1.165, 1.54) is 0 Å². The summed E-state index contributed by atoms with van der Waals surface area (Å²) in [5.41, 5.74) is 11.4.